The van der Waals surface area contributed by atoms with E-state index < -0.39 is 9.84 Å². The van der Waals surface area contributed by atoms with Gasteiger partial charge in [0, 0.05) is 12.6 Å². The van der Waals surface area contributed by atoms with E-state index >= 15 is 0 Å². The molecule has 1 aliphatic carbocycles. The van der Waals surface area contributed by atoms with Gasteiger partial charge in [-0.15, -0.1) is 0 Å². The van der Waals surface area contributed by atoms with E-state index in [0.29, 0.717) is 13.0 Å². The summed E-state index contributed by atoms with van der Waals surface area (Å²) in [4.78, 5) is 15.4. The zero-order valence-corrected chi connectivity index (χ0v) is 18.6. The molecule has 1 amide bonds. The predicted molar refractivity (Wildman–Crippen MR) is 114 cm³/mol. The van der Waals surface area contributed by atoms with E-state index in [4.69, 9.17) is 0 Å². The third kappa shape index (κ3) is 4.35. The number of benzene rings is 1. The van der Waals surface area contributed by atoms with E-state index in [0.717, 1.165) is 12.0 Å². The average Bonchev–Trinajstić information content (AvgIpc) is 2.95. The number of nitrogens with zero attached hydrogens (tertiary/aromatic N) is 1. The third-order valence-corrected chi connectivity index (χ3v) is 8.16. The van der Waals surface area contributed by atoms with Crippen LogP contribution in [-0.2, 0) is 27.6 Å². The summed E-state index contributed by atoms with van der Waals surface area (Å²) < 4.78 is 24.2. The summed E-state index contributed by atoms with van der Waals surface area (Å²) in [5.74, 6) is 0.538. The minimum absolute atomic E-state index is 0.0689. The lowest BCUT2D eigenvalue weighted by atomic mass is 10.1. The smallest absolute Gasteiger partial charge is 0.227 e. The summed E-state index contributed by atoms with van der Waals surface area (Å²) >= 11 is 0. The molecule has 3 atom stereocenters. The van der Waals surface area contributed by atoms with Crippen LogP contribution in [0.1, 0.15) is 52.2 Å². The summed E-state index contributed by atoms with van der Waals surface area (Å²) in [5, 5.41) is 0. The predicted octanol–water partition coefficient (Wildman–Crippen LogP) is 4.00. The normalized spacial score (nSPS) is 27.2. The highest BCUT2D eigenvalue weighted by Crippen LogP contribution is 2.60. The van der Waals surface area contributed by atoms with Crippen LogP contribution in [0.3, 0.4) is 0 Å². The number of amides is 1. The first-order valence-corrected chi connectivity index (χ1v) is 12.1. The number of hydrogen-bond donors (Lipinski definition) is 0. The van der Waals surface area contributed by atoms with Crippen LogP contribution in [0.15, 0.2) is 35.9 Å². The molecule has 3 rings (SSSR count). The molecule has 0 spiro atoms. The highest BCUT2D eigenvalue weighted by molar-refractivity contribution is 7.91. The highest BCUT2D eigenvalue weighted by Gasteiger charge is 2.61. The van der Waals surface area contributed by atoms with E-state index in [2.05, 4.69) is 65.0 Å². The first-order chi connectivity index (χ1) is 13.0. The molecule has 154 valence electrons. The van der Waals surface area contributed by atoms with E-state index in [1.165, 1.54) is 11.1 Å². The average molecular weight is 404 g/mol. The van der Waals surface area contributed by atoms with Crippen LogP contribution in [0.25, 0.3) is 0 Å². The fourth-order valence-corrected chi connectivity index (χ4v) is 6.21. The molecule has 0 radical (unpaired) electrons. The van der Waals surface area contributed by atoms with E-state index in [1.54, 1.807) is 0 Å². The minimum Gasteiger partial charge on any atom is -0.334 e. The molecule has 2 aliphatic rings. The summed E-state index contributed by atoms with van der Waals surface area (Å²) in [6.07, 6.45) is 3.72. The van der Waals surface area contributed by atoms with Crippen molar-refractivity contribution in [3.63, 3.8) is 0 Å². The zero-order valence-electron chi connectivity index (χ0n) is 17.7. The van der Waals surface area contributed by atoms with Crippen molar-refractivity contribution >= 4 is 15.7 Å². The SMILES string of the molecule is CCc1ccc(CN(C(=O)[C@H]2[C@H](C=C(C)C)C2(C)C)[C@H]2CCS(=O)(=O)C2)cc1. The van der Waals surface area contributed by atoms with Crippen LogP contribution in [0.4, 0.5) is 0 Å². The molecular formula is C23H33NO3S. The van der Waals surface area contributed by atoms with Crippen LogP contribution < -0.4 is 0 Å². The van der Waals surface area contributed by atoms with Gasteiger partial charge < -0.3 is 4.90 Å². The number of sulfone groups is 1. The molecule has 1 aromatic rings. The van der Waals surface area contributed by atoms with Crippen molar-refractivity contribution in [3.05, 3.63) is 47.0 Å². The Morgan fingerprint density at radius 3 is 2.29 bits per heavy atom. The molecule has 4 nitrogen and oxygen atoms in total. The van der Waals surface area contributed by atoms with Gasteiger partial charge in [0.2, 0.25) is 5.91 Å². The van der Waals surface area contributed by atoms with Crippen LogP contribution in [0, 0.1) is 17.3 Å². The van der Waals surface area contributed by atoms with Gasteiger partial charge in [-0.2, -0.15) is 0 Å². The first-order valence-electron chi connectivity index (χ1n) is 10.3. The Morgan fingerprint density at radius 1 is 1.18 bits per heavy atom. The molecule has 0 bridgehead atoms. The molecule has 0 aromatic heterocycles. The maximum atomic E-state index is 13.5. The molecule has 2 fully saturated rings. The lowest BCUT2D eigenvalue weighted by Crippen LogP contribution is -2.42. The van der Waals surface area contributed by atoms with Gasteiger partial charge in [0.1, 0.15) is 0 Å². The maximum Gasteiger partial charge on any atom is 0.227 e. The van der Waals surface area contributed by atoms with Crippen molar-refractivity contribution in [1.82, 2.24) is 4.90 Å². The lowest BCUT2D eigenvalue weighted by Gasteiger charge is -2.29. The van der Waals surface area contributed by atoms with Gasteiger partial charge in [0.25, 0.3) is 0 Å². The second kappa shape index (κ2) is 7.66. The number of allylic oxidation sites excluding steroid dienone is 2. The molecule has 1 heterocycles. The molecule has 1 aliphatic heterocycles. The summed E-state index contributed by atoms with van der Waals surface area (Å²) in [6, 6.07) is 8.10. The fraction of sp³-hybridized carbons (Fsp3) is 0.609. The molecule has 5 heteroatoms. The van der Waals surface area contributed by atoms with E-state index in [-0.39, 0.29) is 40.7 Å². The lowest BCUT2D eigenvalue weighted by molar-refractivity contribution is -0.136. The van der Waals surface area contributed by atoms with Crippen molar-refractivity contribution in [2.45, 2.75) is 60.0 Å². The van der Waals surface area contributed by atoms with E-state index in [9.17, 15) is 13.2 Å². The largest absolute Gasteiger partial charge is 0.334 e. The Kier molecular flexibility index (Phi) is 5.77. The van der Waals surface area contributed by atoms with Gasteiger partial charge in [-0.25, -0.2) is 8.42 Å². The standard InChI is InChI=1S/C23H33NO3S/c1-6-17-7-9-18(10-8-17)14-24(19-11-12-28(26,27)15-19)22(25)21-20(13-16(2)3)23(21,4)5/h7-10,13,19-21H,6,11-12,14-15H2,1-5H3/t19-,20-,21+/m0/s1. The number of carbonyl (C=O) groups is 1. The molecule has 1 aromatic carbocycles. The van der Waals surface area contributed by atoms with E-state index in [1.807, 2.05) is 4.90 Å². The quantitative estimate of drug-likeness (QED) is 0.675. The number of rotatable bonds is 6. The third-order valence-electron chi connectivity index (χ3n) is 6.41. The summed E-state index contributed by atoms with van der Waals surface area (Å²) in [7, 11) is -3.05. The van der Waals surface area contributed by atoms with Crippen LogP contribution in [0.5, 0.6) is 0 Å². The van der Waals surface area contributed by atoms with Crippen molar-refractivity contribution in [1.29, 1.82) is 0 Å². The number of hydrogen-bond acceptors (Lipinski definition) is 3. The number of carbonyl (C=O) groups excluding carboxylic acids is 1. The van der Waals surface area contributed by atoms with Gasteiger partial charge in [-0.05, 0) is 49.1 Å². The van der Waals surface area contributed by atoms with Gasteiger partial charge in [-0.3, -0.25) is 4.79 Å². The van der Waals surface area contributed by atoms with Crippen LogP contribution >= 0.6 is 0 Å². The van der Waals surface area contributed by atoms with Crippen molar-refractivity contribution in [3.8, 4) is 0 Å². The second-order valence-electron chi connectivity index (χ2n) is 9.26. The van der Waals surface area contributed by atoms with Gasteiger partial charge >= 0.3 is 0 Å². The number of aryl methyl sites for hydroxylation is 1. The Morgan fingerprint density at radius 2 is 1.79 bits per heavy atom. The summed E-state index contributed by atoms with van der Waals surface area (Å²) in [5.41, 5.74) is 3.47. The fourth-order valence-electron chi connectivity index (χ4n) is 4.48. The Labute approximate surface area is 169 Å². The second-order valence-corrected chi connectivity index (χ2v) is 11.5. The Bertz CT molecular complexity index is 864. The molecule has 0 N–H and O–H groups in total. The van der Waals surface area contributed by atoms with Gasteiger partial charge in [0.05, 0.1) is 17.4 Å². The van der Waals surface area contributed by atoms with Crippen molar-refractivity contribution < 1.29 is 13.2 Å². The monoisotopic (exact) mass is 403 g/mol. The van der Waals surface area contributed by atoms with Crippen LogP contribution in [0.2, 0.25) is 0 Å². The molecule has 1 saturated carbocycles. The molecule has 1 saturated heterocycles. The molecule has 0 unspecified atom stereocenters. The Hall–Kier alpha value is -1.62. The Balaban J connectivity index is 1.86. The van der Waals surface area contributed by atoms with Crippen LogP contribution in [-0.4, -0.2) is 36.8 Å². The molecular weight excluding hydrogens is 370 g/mol. The zero-order chi connectivity index (χ0) is 20.7. The van der Waals surface area contributed by atoms with Crippen molar-refractivity contribution in [2.24, 2.45) is 17.3 Å². The van der Waals surface area contributed by atoms with Gasteiger partial charge in [-0.1, -0.05) is 56.7 Å². The summed E-state index contributed by atoms with van der Waals surface area (Å²) in [6.45, 7) is 11.0. The molecule has 28 heavy (non-hydrogen) atoms. The first kappa shape index (κ1) is 21.1. The maximum absolute atomic E-state index is 13.5. The minimum atomic E-state index is -3.05. The van der Waals surface area contributed by atoms with Gasteiger partial charge in [0.15, 0.2) is 9.84 Å². The van der Waals surface area contributed by atoms with Crippen molar-refractivity contribution in [2.75, 3.05) is 11.5 Å². The highest BCUT2D eigenvalue weighted by atomic mass is 32.2. The topological polar surface area (TPSA) is 54.5 Å².